The van der Waals surface area contributed by atoms with E-state index in [-0.39, 0.29) is 0 Å². The molecule has 0 radical (unpaired) electrons. The van der Waals surface area contributed by atoms with Crippen LogP contribution < -0.4 is 4.72 Å². The van der Waals surface area contributed by atoms with Crippen molar-refractivity contribution in [2.45, 2.75) is 25.5 Å². The highest BCUT2D eigenvalue weighted by atomic mass is 32.2. The average Bonchev–Trinajstić information content (AvgIpc) is 1.60. The molecule has 0 spiro atoms. The number of nitrogens with one attached hydrogen (secondary N) is 1. The van der Waals surface area contributed by atoms with E-state index >= 15 is 0 Å². The summed E-state index contributed by atoms with van der Waals surface area (Å²) in [5.41, 5.74) is -1.50. The number of aliphatic hydroxyl groups is 2. The van der Waals surface area contributed by atoms with Crippen LogP contribution in [0.4, 0.5) is 0 Å². The Hall–Kier alpha value is -0.170. The van der Waals surface area contributed by atoms with Crippen molar-refractivity contribution in [3.8, 4) is 0 Å². The van der Waals surface area contributed by atoms with E-state index in [4.69, 9.17) is 10.2 Å². The fourth-order valence-corrected chi connectivity index (χ4v) is 1.01. The molecule has 3 N–H and O–H groups in total. The molecule has 2 unspecified atom stereocenters. The standard InChI is InChI=1S/C4H11NO4S/c1-3(6)5-10(8,9)4(2)7/h3-7H,1-2H3. The van der Waals surface area contributed by atoms with Crippen LogP contribution in [0.3, 0.4) is 0 Å². The van der Waals surface area contributed by atoms with Gasteiger partial charge in [-0.2, -0.15) is 4.72 Å². The Balaban J connectivity index is 4.16. The summed E-state index contributed by atoms with van der Waals surface area (Å²) >= 11 is 0. The largest absolute Gasteiger partial charge is 0.378 e. The van der Waals surface area contributed by atoms with Gasteiger partial charge in [-0.25, -0.2) is 8.42 Å². The molecule has 62 valence electrons. The SMILES string of the molecule is CC(O)NS(=O)(=O)C(C)O. The maximum Gasteiger partial charge on any atom is 0.240 e. The van der Waals surface area contributed by atoms with E-state index in [0.29, 0.717) is 0 Å². The van der Waals surface area contributed by atoms with Gasteiger partial charge in [0.15, 0.2) is 5.44 Å². The molecular formula is C4H11NO4S. The van der Waals surface area contributed by atoms with Crippen LogP contribution >= 0.6 is 0 Å². The fourth-order valence-electron chi connectivity index (χ4n) is 0.336. The second-order valence-corrected chi connectivity index (χ2v) is 3.95. The molecular weight excluding hydrogens is 158 g/mol. The normalized spacial score (nSPS) is 18.4. The average molecular weight is 169 g/mol. The Bertz CT molecular complexity index is 183. The van der Waals surface area contributed by atoms with Gasteiger partial charge in [0, 0.05) is 0 Å². The fraction of sp³-hybridized carbons (Fsp3) is 1.00. The summed E-state index contributed by atoms with van der Waals surface area (Å²) in [4.78, 5) is 0. The maximum absolute atomic E-state index is 10.6. The smallest absolute Gasteiger partial charge is 0.240 e. The molecule has 0 heterocycles. The Morgan fingerprint density at radius 2 is 1.70 bits per heavy atom. The molecule has 0 fully saturated rings. The molecule has 0 saturated carbocycles. The zero-order valence-electron chi connectivity index (χ0n) is 5.77. The predicted octanol–water partition coefficient (Wildman–Crippen LogP) is -1.42. The van der Waals surface area contributed by atoms with Crippen molar-refractivity contribution in [2.75, 3.05) is 0 Å². The van der Waals surface area contributed by atoms with Gasteiger partial charge in [-0.05, 0) is 13.8 Å². The van der Waals surface area contributed by atoms with Gasteiger partial charge in [0.25, 0.3) is 0 Å². The van der Waals surface area contributed by atoms with Crippen LogP contribution in [0.2, 0.25) is 0 Å². The number of aliphatic hydroxyl groups excluding tert-OH is 2. The third kappa shape index (κ3) is 3.11. The van der Waals surface area contributed by atoms with Crippen molar-refractivity contribution in [3.63, 3.8) is 0 Å². The van der Waals surface area contributed by atoms with Crippen molar-refractivity contribution in [3.05, 3.63) is 0 Å². The zero-order valence-corrected chi connectivity index (χ0v) is 6.59. The Morgan fingerprint density at radius 1 is 1.30 bits per heavy atom. The molecule has 0 aromatic heterocycles. The van der Waals surface area contributed by atoms with Gasteiger partial charge in [0.2, 0.25) is 10.0 Å². The highest BCUT2D eigenvalue weighted by molar-refractivity contribution is 7.89. The lowest BCUT2D eigenvalue weighted by molar-refractivity contribution is 0.178. The molecule has 0 rings (SSSR count). The predicted molar refractivity (Wildman–Crippen MR) is 35.4 cm³/mol. The Morgan fingerprint density at radius 3 is 1.80 bits per heavy atom. The van der Waals surface area contributed by atoms with Gasteiger partial charge in [0.1, 0.15) is 6.23 Å². The summed E-state index contributed by atoms with van der Waals surface area (Å²) in [6.45, 7) is 2.35. The molecule has 5 nitrogen and oxygen atoms in total. The summed E-state index contributed by atoms with van der Waals surface area (Å²) in [6.07, 6.45) is -1.17. The first-order chi connectivity index (χ1) is 4.36. The van der Waals surface area contributed by atoms with Gasteiger partial charge in [-0.3, -0.25) is 0 Å². The molecule has 2 atom stereocenters. The van der Waals surface area contributed by atoms with Gasteiger partial charge >= 0.3 is 0 Å². The molecule has 0 aliphatic heterocycles. The first kappa shape index (κ1) is 9.83. The summed E-state index contributed by atoms with van der Waals surface area (Å²) in [5.74, 6) is 0. The van der Waals surface area contributed by atoms with Crippen LogP contribution in [-0.4, -0.2) is 30.3 Å². The van der Waals surface area contributed by atoms with Gasteiger partial charge < -0.3 is 10.2 Å². The first-order valence-electron chi connectivity index (χ1n) is 2.73. The van der Waals surface area contributed by atoms with Crippen LogP contribution in [0.25, 0.3) is 0 Å². The van der Waals surface area contributed by atoms with Crippen LogP contribution in [-0.2, 0) is 10.0 Å². The van der Waals surface area contributed by atoms with Gasteiger partial charge in [-0.15, -0.1) is 0 Å². The van der Waals surface area contributed by atoms with Crippen molar-refractivity contribution in [1.82, 2.24) is 4.72 Å². The lowest BCUT2D eigenvalue weighted by Gasteiger charge is -2.09. The number of sulfonamides is 1. The third-order valence-electron chi connectivity index (χ3n) is 0.784. The van der Waals surface area contributed by atoms with Crippen LogP contribution in [0, 0.1) is 0 Å². The second-order valence-electron chi connectivity index (χ2n) is 1.94. The molecule has 0 amide bonds. The minimum atomic E-state index is -3.74. The van der Waals surface area contributed by atoms with Crippen molar-refractivity contribution in [1.29, 1.82) is 0 Å². The van der Waals surface area contributed by atoms with E-state index in [0.717, 1.165) is 6.92 Å². The molecule has 0 aromatic carbocycles. The highest BCUT2D eigenvalue weighted by Gasteiger charge is 2.18. The molecule has 6 heteroatoms. The van der Waals surface area contributed by atoms with E-state index in [1.54, 1.807) is 4.72 Å². The van der Waals surface area contributed by atoms with E-state index in [1.807, 2.05) is 0 Å². The third-order valence-corrected chi connectivity index (χ3v) is 2.35. The van der Waals surface area contributed by atoms with Crippen LogP contribution in [0.5, 0.6) is 0 Å². The molecule has 0 aromatic rings. The lowest BCUT2D eigenvalue weighted by atomic mass is 10.7. The summed E-state index contributed by atoms with van der Waals surface area (Å²) in [7, 11) is -3.74. The van der Waals surface area contributed by atoms with Gasteiger partial charge in [0.05, 0.1) is 0 Å². The Kier molecular flexibility index (Phi) is 3.23. The van der Waals surface area contributed by atoms with E-state index in [1.165, 1.54) is 6.92 Å². The second kappa shape index (κ2) is 3.29. The zero-order chi connectivity index (χ0) is 8.36. The molecule has 10 heavy (non-hydrogen) atoms. The summed E-state index contributed by atoms with van der Waals surface area (Å²) in [5, 5.41) is 17.1. The topological polar surface area (TPSA) is 86.6 Å². The van der Waals surface area contributed by atoms with Gasteiger partial charge in [-0.1, -0.05) is 0 Å². The molecule has 0 aliphatic carbocycles. The molecule has 0 saturated heterocycles. The van der Waals surface area contributed by atoms with E-state index < -0.39 is 21.7 Å². The first-order valence-corrected chi connectivity index (χ1v) is 4.28. The van der Waals surface area contributed by atoms with Crippen LogP contribution in [0.15, 0.2) is 0 Å². The molecule has 0 bridgehead atoms. The number of hydrogen-bond acceptors (Lipinski definition) is 4. The quantitative estimate of drug-likeness (QED) is 0.453. The van der Waals surface area contributed by atoms with E-state index in [2.05, 4.69) is 0 Å². The lowest BCUT2D eigenvalue weighted by Crippen LogP contribution is -2.38. The summed E-state index contributed by atoms with van der Waals surface area (Å²) < 4.78 is 23.0. The van der Waals surface area contributed by atoms with Crippen molar-refractivity contribution < 1.29 is 18.6 Å². The Labute approximate surface area is 59.7 Å². The minimum Gasteiger partial charge on any atom is -0.378 e. The highest BCUT2D eigenvalue weighted by Crippen LogP contribution is 1.93. The monoisotopic (exact) mass is 169 g/mol. The number of rotatable bonds is 3. The van der Waals surface area contributed by atoms with Crippen molar-refractivity contribution in [2.24, 2.45) is 0 Å². The summed E-state index contributed by atoms with van der Waals surface area (Å²) in [6, 6.07) is 0. The molecule has 0 aliphatic rings. The van der Waals surface area contributed by atoms with Crippen LogP contribution in [0.1, 0.15) is 13.8 Å². The minimum absolute atomic E-state index is 1.10. The van der Waals surface area contributed by atoms with Crippen molar-refractivity contribution >= 4 is 10.0 Å². The van der Waals surface area contributed by atoms with E-state index in [9.17, 15) is 8.42 Å². The maximum atomic E-state index is 10.6. The number of hydrogen-bond donors (Lipinski definition) is 3.